The predicted octanol–water partition coefficient (Wildman–Crippen LogP) is 1.59. The molecule has 1 atom stereocenters. The first-order valence-corrected chi connectivity index (χ1v) is 6.63. The summed E-state index contributed by atoms with van der Waals surface area (Å²) < 4.78 is 5.24. The summed E-state index contributed by atoms with van der Waals surface area (Å²) in [5.74, 6) is -0.0128. The van der Waals surface area contributed by atoms with Gasteiger partial charge in [0.05, 0.1) is 6.20 Å². The van der Waals surface area contributed by atoms with Crippen molar-refractivity contribution in [2.75, 3.05) is 18.5 Å². The Morgan fingerprint density at radius 1 is 1.61 bits per heavy atom. The van der Waals surface area contributed by atoms with E-state index in [1.807, 2.05) is 5.38 Å². The van der Waals surface area contributed by atoms with Gasteiger partial charge in [0.2, 0.25) is 0 Å². The maximum Gasteiger partial charge on any atom is 0.304 e. The number of aromatic nitrogens is 1. The van der Waals surface area contributed by atoms with Crippen LogP contribution in [0.4, 0.5) is 6.01 Å². The van der Waals surface area contributed by atoms with Crippen LogP contribution in [-0.4, -0.2) is 24.5 Å². The molecule has 1 aliphatic rings. The lowest BCUT2D eigenvalue weighted by Gasteiger charge is -2.20. The molecule has 0 fully saturated rings. The van der Waals surface area contributed by atoms with Crippen LogP contribution in [0.15, 0.2) is 28.3 Å². The molecule has 0 radical (unpaired) electrons. The van der Waals surface area contributed by atoms with Crippen LogP contribution in [-0.2, 0) is 11.2 Å². The number of carbonyl (C=O) groups is 1. The zero-order valence-electron chi connectivity index (χ0n) is 9.92. The van der Waals surface area contributed by atoms with Gasteiger partial charge in [0.25, 0.3) is 5.91 Å². The number of carbonyl (C=O) groups excluding carboxylic acids is 1. The van der Waals surface area contributed by atoms with Crippen molar-refractivity contribution in [3.63, 3.8) is 0 Å². The minimum absolute atomic E-state index is 0.0128. The molecule has 0 bridgehead atoms. The number of hydrogen-bond acceptors (Lipinski definition) is 5. The predicted molar refractivity (Wildman–Crippen MR) is 68.7 cm³/mol. The number of nitrogens with one attached hydrogen (secondary N) is 1. The molecule has 0 spiro atoms. The number of thiophene rings is 1. The van der Waals surface area contributed by atoms with E-state index < -0.39 is 0 Å². The molecule has 0 saturated heterocycles. The summed E-state index contributed by atoms with van der Waals surface area (Å²) in [6.07, 6.45) is 3.86. The topological polar surface area (TPSA) is 58.4 Å². The van der Waals surface area contributed by atoms with E-state index in [1.54, 1.807) is 29.5 Å². The maximum absolute atomic E-state index is 12.5. The average molecular weight is 263 g/mol. The fourth-order valence-electron chi connectivity index (χ4n) is 2.21. The summed E-state index contributed by atoms with van der Waals surface area (Å²) >= 11 is 1.61. The SMILES string of the molecule is CNC1C(=O)N(c2ncco2)CCc2ccsc21. The maximum atomic E-state index is 12.5. The lowest BCUT2D eigenvalue weighted by atomic mass is 10.1. The number of hydrogen-bond donors (Lipinski definition) is 1. The van der Waals surface area contributed by atoms with E-state index in [4.69, 9.17) is 4.42 Å². The minimum Gasteiger partial charge on any atom is -0.432 e. The Hall–Kier alpha value is -1.66. The van der Waals surface area contributed by atoms with Gasteiger partial charge in [-0.3, -0.25) is 9.69 Å². The minimum atomic E-state index is -0.311. The van der Waals surface area contributed by atoms with Crippen LogP contribution in [0.2, 0.25) is 0 Å². The summed E-state index contributed by atoms with van der Waals surface area (Å²) in [5, 5.41) is 5.11. The number of fused-ring (bicyclic) bond motifs is 1. The summed E-state index contributed by atoms with van der Waals surface area (Å²) in [4.78, 5) is 19.3. The molecule has 2 aromatic rings. The van der Waals surface area contributed by atoms with Gasteiger partial charge in [0.15, 0.2) is 0 Å². The third-order valence-corrected chi connectivity index (χ3v) is 4.12. The van der Waals surface area contributed by atoms with Crippen molar-refractivity contribution in [1.29, 1.82) is 0 Å². The van der Waals surface area contributed by atoms with Gasteiger partial charge < -0.3 is 9.73 Å². The molecule has 1 N–H and O–H groups in total. The molecule has 1 aliphatic heterocycles. The molecule has 0 aliphatic carbocycles. The number of rotatable bonds is 2. The van der Waals surface area contributed by atoms with E-state index in [2.05, 4.69) is 16.4 Å². The zero-order chi connectivity index (χ0) is 12.5. The summed E-state index contributed by atoms with van der Waals surface area (Å²) in [6.45, 7) is 0.598. The summed E-state index contributed by atoms with van der Waals surface area (Å²) in [7, 11) is 1.80. The smallest absolute Gasteiger partial charge is 0.304 e. The highest BCUT2D eigenvalue weighted by atomic mass is 32.1. The first kappa shape index (κ1) is 11.4. The fourth-order valence-corrected chi connectivity index (χ4v) is 3.27. The largest absolute Gasteiger partial charge is 0.432 e. The van der Waals surface area contributed by atoms with Crippen LogP contribution in [0.25, 0.3) is 0 Å². The highest BCUT2D eigenvalue weighted by Crippen LogP contribution is 2.30. The van der Waals surface area contributed by atoms with Crippen LogP contribution < -0.4 is 10.2 Å². The number of amides is 1. The average Bonchev–Trinajstić information content (AvgIpc) is 3.01. The van der Waals surface area contributed by atoms with Crippen molar-refractivity contribution >= 4 is 23.3 Å². The molecule has 0 aromatic carbocycles. The number of likely N-dealkylation sites (N-methyl/N-ethyl adjacent to an activating group) is 1. The molecule has 2 aromatic heterocycles. The third kappa shape index (κ3) is 1.74. The van der Waals surface area contributed by atoms with Gasteiger partial charge >= 0.3 is 6.01 Å². The first-order chi connectivity index (χ1) is 8.81. The van der Waals surface area contributed by atoms with Crippen molar-refractivity contribution in [2.24, 2.45) is 0 Å². The van der Waals surface area contributed by atoms with Crippen LogP contribution in [0.1, 0.15) is 16.5 Å². The van der Waals surface area contributed by atoms with E-state index in [0.717, 1.165) is 11.3 Å². The quantitative estimate of drug-likeness (QED) is 0.894. The molecule has 0 saturated carbocycles. The highest BCUT2D eigenvalue weighted by molar-refractivity contribution is 7.10. The molecule has 6 heteroatoms. The molecule has 3 rings (SSSR count). The first-order valence-electron chi connectivity index (χ1n) is 5.75. The molecule has 5 nitrogen and oxygen atoms in total. The van der Waals surface area contributed by atoms with Crippen LogP contribution >= 0.6 is 11.3 Å². The Balaban J connectivity index is 1.99. The van der Waals surface area contributed by atoms with Gasteiger partial charge in [-0.1, -0.05) is 0 Å². The molecule has 1 amide bonds. The standard InChI is InChI=1S/C12H13N3O2S/c1-13-9-10-8(3-7-18-10)2-5-15(11(9)16)12-14-4-6-17-12/h3-4,6-7,9,13H,2,5H2,1H3. The Bertz CT molecular complexity index is 549. The molecular weight excluding hydrogens is 250 g/mol. The molecule has 1 unspecified atom stereocenters. The Morgan fingerprint density at radius 2 is 2.50 bits per heavy atom. The van der Waals surface area contributed by atoms with Crippen LogP contribution in [0.5, 0.6) is 0 Å². The monoisotopic (exact) mass is 263 g/mol. The van der Waals surface area contributed by atoms with Crippen molar-refractivity contribution in [3.05, 3.63) is 34.3 Å². The van der Waals surface area contributed by atoms with Crippen LogP contribution in [0.3, 0.4) is 0 Å². The Kier molecular flexibility index (Phi) is 2.89. The van der Waals surface area contributed by atoms with Gasteiger partial charge in [-0.15, -0.1) is 11.3 Å². The van der Waals surface area contributed by atoms with Gasteiger partial charge in [-0.2, -0.15) is 0 Å². The van der Waals surface area contributed by atoms with Crippen molar-refractivity contribution in [1.82, 2.24) is 10.3 Å². The number of oxazole rings is 1. The van der Waals surface area contributed by atoms with Crippen molar-refractivity contribution in [2.45, 2.75) is 12.5 Å². The van der Waals surface area contributed by atoms with Gasteiger partial charge in [-0.05, 0) is 30.5 Å². The second kappa shape index (κ2) is 4.55. The van der Waals surface area contributed by atoms with E-state index in [-0.39, 0.29) is 11.9 Å². The van der Waals surface area contributed by atoms with E-state index >= 15 is 0 Å². The number of anilines is 1. The fraction of sp³-hybridized carbons (Fsp3) is 0.333. The van der Waals surface area contributed by atoms with Crippen LogP contribution in [0, 0.1) is 0 Å². The molecule has 3 heterocycles. The summed E-state index contributed by atoms with van der Waals surface area (Å²) in [6, 6.07) is 2.14. The Labute approximate surface area is 108 Å². The molecule has 18 heavy (non-hydrogen) atoms. The normalized spacial score (nSPS) is 19.7. The third-order valence-electron chi connectivity index (χ3n) is 3.10. The van der Waals surface area contributed by atoms with E-state index in [0.29, 0.717) is 12.6 Å². The van der Waals surface area contributed by atoms with Gasteiger partial charge in [0.1, 0.15) is 12.3 Å². The second-order valence-electron chi connectivity index (χ2n) is 4.09. The van der Waals surface area contributed by atoms with Crippen molar-refractivity contribution < 1.29 is 9.21 Å². The molecular formula is C12H13N3O2S. The lowest BCUT2D eigenvalue weighted by molar-refractivity contribution is -0.120. The highest BCUT2D eigenvalue weighted by Gasteiger charge is 2.33. The zero-order valence-corrected chi connectivity index (χ0v) is 10.7. The Morgan fingerprint density at radius 3 is 3.22 bits per heavy atom. The lowest BCUT2D eigenvalue weighted by Crippen LogP contribution is -2.39. The van der Waals surface area contributed by atoms with E-state index in [1.165, 1.54) is 11.8 Å². The second-order valence-corrected chi connectivity index (χ2v) is 5.03. The van der Waals surface area contributed by atoms with E-state index in [9.17, 15) is 4.79 Å². The van der Waals surface area contributed by atoms with Crippen molar-refractivity contribution in [3.8, 4) is 0 Å². The summed E-state index contributed by atoms with van der Waals surface area (Å²) in [5.41, 5.74) is 1.22. The van der Waals surface area contributed by atoms with Gasteiger partial charge in [0, 0.05) is 11.4 Å². The molecule has 94 valence electrons. The number of nitrogens with zero attached hydrogens (tertiary/aromatic N) is 2. The van der Waals surface area contributed by atoms with Gasteiger partial charge in [-0.25, -0.2) is 4.98 Å².